The van der Waals surface area contributed by atoms with Crippen molar-refractivity contribution in [3.05, 3.63) is 144 Å². The lowest BCUT2D eigenvalue weighted by atomic mass is 10.0. The Labute approximate surface area is 358 Å². The standard InChI is InChI=1S/C48H48N8O4S/c1-54(2)43(36-29-61-41-16-8-7-13-35(36)41)47(58)56-26-10-15-40(56)45-50-28-38(52-45)33-23-19-31(20-24-33)30-17-21-32(22-18-30)37-27-49-44(51-37)39-14-9-25-55(39)46(57)42(53-48(59)60-3)34-11-5-4-6-12-34/h4-8,11-13,16-24,27-29,39-40,42-43H,9-10,14-15,25-26H2,1-3H3,(H,49,51)(H,50,52)(H,53,59)/t39-,40-,42+,43?/m0/s1. The number of amides is 3. The van der Waals surface area contributed by atoms with Gasteiger partial charge in [-0.15, -0.1) is 11.3 Å². The van der Waals surface area contributed by atoms with Crippen LogP contribution in [0.1, 0.15) is 72.6 Å². The van der Waals surface area contributed by atoms with Crippen LogP contribution in [-0.2, 0) is 14.3 Å². The predicted octanol–water partition coefficient (Wildman–Crippen LogP) is 9.08. The van der Waals surface area contributed by atoms with E-state index in [-0.39, 0.29) is 29.9 Å². The number of alkyl carbamates (subject to hydrolysis) is 1. The van der Waals surface area contributed by atoms with Gasteiger partial charge in [0.15, 0.2) is 0 Å². The Hall–Kier alpha value is -6.57. The van der Waals surface area contributed by atoms with Gasteiger partial charge in [0.2, 0.25) is 5.91 Å². The number of methoxy groups -OCH3 is 1. The maximum atomic E-state index is 14.3. The first kappa shape index (κ1) is 39.9. The summed E-state index contributed by atoms with van der Waals surface area (Å²) >= 11 is 1.68. The highest BCUT2D eigenvalue weighted by Gasteiger charge is 2.39. The average molecular weight is 833 g/mol. The zero-order valence-corrected chi connectivity index (χ0v) is 35.2. The fourth-order valence-electron chi connectivity index (χ4n) is 8.89. The van der Waals surface area contributed by atoms with E-state index in [1.807, 2.05) is 78.8 Å². The van der Waals surface area contributed by atoms with Crippen LogP contribution < -0.4 is 5.32 Å². The highest BCUT2D eigenvalue weighted by molar-refractivity contribution is 7.17. The number of likely N-dealkylation sites (N-methyl/N-ethyl adjacent to an activating group) is 1. The second-order valence-electron chi connectivity index (χ2n) is 15.9. The molecule has 2 fully saturated rings. The van der Waals surface area contributed by atoms with E-state index in [1.165, 1.54) is 11.8 Å². The molecule has 9 rings (SSSR count). The number of nitrogens with one attached hydrogen (secondary N) is 3. The summed E-state index contributed by atoms with van der Waals surface area (Å²) in [4.78, 5) is 62.8. The molecule has 0 aliphatic carbocycles. The van der Waals surface area contributed by atoms with Crippen molar-refractivity contribution in [3.8, 4) is 33.6 Å². The Morgan fingerprint density at radius 2 is 1.25 bits per heavy atom. The quantitative estimate of drug-likeness (QED) is 0.118. The summed E-state index contributed by atoms with van der Waals surface area (Å²) in [5.74, 6) is 1.43. The monoisotopic (exact) mass is 832 g/mol. The second-order valence-corrected chi connectivity index (χ2v) is 16.8. The van der Waals surface area contributed by atoms with Gasteiger partial charge in [-0.3, -0.25) is 14.5 Å². The zero-order valence-electron chi connectivity index (χ0n) is 34.4. The van der Waals surface area contributed by atoms with E-state index in [0.29, 0.717) is 24.5 Å². The number of rotatable bonds is 11. The third kappa shape index (κ3) is 7.94. The molecule has 0 saturated carbocycles. The maximum Gasteiger partial charge on any atom is 0.407 e. The molecule has 4 atom stereocenters. The topological polar surface area (TPSA) is 140 Å². The van der Waals surface area contributed by atoms with Gasteiger partial charge in [0.25, 0.3) is 5.91 Å². The average Bonchev–Trinajstić information content (AvgIpc) is 4.15. The largest absolute Gasteiger partial charge is 0.453 e. The van der Waals surface area contributed by atoms with Crippen LogP contribution in [0.3, 0.4) is 0 Å². The molecule has 5 heterocycles. The molecule has 61 heavy (non-hydrogen) atoms. The zero-order chi connectivity index (χ0) is 42.0. The lowest BCUT2D eigenvalue weighted by Gasteiger charge is -2.31. The lowest BCUT2D eigenvalue weighted by molar-refractivity contribution is -0.137. The minimum Gasteiger partial charge on any atom is -0.453 e. The summed E-state index contributed by atoms with van der Waals surface area (Å²) in [6.07, 6.45) is 6.40. The number of ether oxygens (including phenoxy) is 1. The first-order chi connectivity index (χ1) is 29.8. The Bertz CT molecular complexity index is 2650. The molecule has 0 radical (unpaired) electrons. The summed E-state index contributed by atoms with van der Waals surface area (Å²) in [5, 5.41) is 5.99. The highest BCUT2D eigenvalue weighted by atomic mass is 32.1. The lowest BCUT2D eigenvalue weighted by Crippen LogP contribution is -2.42. The molecule has 2 aliphatic heterocycles. The van der Waals surface area contributed by atoms with Crippen molar-refractivity contribution in [1.29, 1.82) is 0 Å². The van der Waals surface area contributed by atoms with Gasteiger partial charge in [0, 0.05) is 17.8 Å². The number of carbonyl (C=O) groups is 3. The van der Waals surface area contributed by atoms with Crippen molar-refractivity contribution in [2.24, 2.45) is 0 Å². The van der Waals surface area contributed by atoms with E-state index in [2.05, 4.69) is 81.3 Å². The molecule has 1 unspecified atom stereocenters. The second kappa shape index (κ2) is 17.2. The molecule has 7 aromatic rings. The predicted molar refractivity (Wildman–Crippen MR) is 237 cm³/mol. The number of likely N-dealkylation sites (tertiary alicyclic amines) is 2. The first-order valence-corrected chi connectivity index (χ1v) is 21.6. The van der Waals surface area contributed by atoms with Crippen LogP contribution >= 0.6 is 11.3 Å². The normalized spacial score (nSPS) is 17.5. The molecular weight excluding hydrogens is 785 g/mol. The molecule has 0 bridgehead atoms. The third-order valence-corrected chi connectivity index (χ3v) is 13.0. The van der Waals surface area contributed by atoms with Crippen LogP contribution in [0.2, 0.25) is 0 Å². The number of nitrogens with zero attached hydrogens (tertiary/aromatic N) is 5. The molecule has 2 saturated heterocycles. The first-order valence-electron chi connectivity index (χ1n) is 20.7. The van der Waals surface area contributed by atoms with Crippen LogP contribution in [0.4, 0.5) is 4.79 Å². The van der Waals surface area contributed by atoms with Crippen LogP contribution in [-0.4, -0.2) is 86.8 Å². The minimum absolute atomic E-state index is 0.105. The number of hydrogen-bond donors (Lipinski definition) is 3. The van der Waals surface area contributed by atoms with E-state index < -0.39 is 12.1 Å². The summed E-state index contributed by atoms with van der Waals surface area (Å²) in [7, 11) is 5.24. The Morgan fingerprint density at radius 1 is 0.721 bits per heavy atom. The fraction of sp³-hybridized carbons (Fsp3) is 0.271. The van der Waals surface area contributed by atoms with Crippen LogP contribution in [0.5, 0.6) is 0 Å². The Balaban J connectivity index is 0.864. The smallest absolute Gasteiger partial charge is 0.407 e. The number of hydrogen-bond acceptors (Lipinski definition) is 8. The van der Waals surface area contributed by atoms with Crippen LogP contribution in [0.25, 0.3) is 43.7 Å². The number of thiophene rings is 1. The highest BCUT2D eigenvalue weighted by Crippen LogP contribution is 2.39. The molecule has 2 aliphatic rings. The van der Waals surface area contributed by atoms with Crippen LogP contribution in [0.15, 0.2) is 121 Å². The Morgan fingerprint density at radius 3 is 1.80 bits per heavy atom. The molecule has 3 aromatic heterocycles. The number of aromatic nitrogens is 4. The number of aromatic amines is 2. The van der Waals surface area contributed by atoms with Crippen molar-refractivity contribution < 1.29 is 19.1 Å². The van der Waals surface area contributed by atoms with Crippen LogP contribution in [0, 0.1) is 0 Å². The molecular formula is C48H48N8O4S. The van der Waals surface area contributed by atoms with Gasteiger partial charge in [-0.25, -0.2) is 14.8 Å². The number of carbonyl (C=O) groups excluding carboxylic acids is 3. The van der Waals surface area contributed by atoms with E-state index in [1.54, 1.807) is 16.2 Å². The van der Waals surface area contributed by atoms with Gasteiger partial charge in [-0.05, 0) is 90.0 Å². The van der Waals surface area contributed by atoms with Crippen molar-refractivity contribution in [3.63, 3.8) is 0 Å². The van der Waals surface area contributed by atoms with E-state index in [9.17, 15) is 14.4 Å². The van der Waals surface area contributed by atoms with E-state index in [4.69, 9.17) is 14.7 Å². The van der Waals surface area contributed by atoms with E-state index >= 15 is 0 Å². The van der Waals surface area contributed by atoms with E-state index in [0.717, 1.165) is 76.1 Å². The van der Waals surface area contributed by atoms with Crippen molar-refractivity contribution >= 4 is 39.3 Å². The summed E-state index contributed by atoms with van der Waals surface area (Å²) in [6, 6.07) is 32.7. The molecule has 13 heteroatoms. The molecule has 3 amide bonds. The van der Waals surface area contributed by atoms with Crippen molar-refractivity contribution in [2.45, 2.75) is 49.9 Å². The van der Waals surface area contributed by atoms with Gasteiger partial charge in [-0.1, -0.05) is 97.1 Å². The Kier molecular flexibility index (Phi) is 11.2. The number of H-pyrrole nitrogens is 2. The number of benzene rings is 4. The molecule has 4 aromatic carbocycles. The summed E-state index contributed by atoms with van der Waals surface area (Å²) < 4.78 is 6.03. The number of fused-ring (bicyclic) bond motifs is 1. The fourth-order valence-corrected chi connectivity index (χ4v) is 9.87. The van der Waals surface area contributed by atoms with Gasteiger partial charge in [0.1, 0.15) is 23.7 Å². The van der Waals surface area contributed by atoms with Gasteiger partial charge >= 0.3 is 6.09 Å². The third-order valence-electron chi connectivity index (χ3n) is 12.0. The molecule has 3 N–H and O–H groups in total. The maximum absolute atomic E-state index is 14.3. The van der Waals surface area contributed by atoms with Crippen molar-refractivity contribution in [1.82, 2.24) is 40.0 Å². The molecule has 310 valence electrons. The molecule has 0 spiro atoms. The molecule has 12 nitrogen and oxygen atoms in total. The van der Waals surface area contributed by atoms with Gasteiger partial charge < -0.3 is 29.8 Å². The summed E-state index contributed by atoms with van der Waals surface area (Å²) in [5.41, 5.74) is 7.67. The van der Waals surface area contributed by atoms with Gasteiger partial charge in [0.05, 0.1) is 43.0 Å². The van der Waals surface area contributed by atoms with Gasteiger partial charge in [-0.2, -0.15) is 0 Å². The summed E-state index contributed by atoms with van der Waals surface area (Å²) in [6.45, 7) is 1.26. The van der Waals surface area contributed by atoms with Crippen molar-refractivity contribution in [2.75, 3.05) is 34.3 Å². The number of imidazole rings is 2. The SMILES string of the molecule is COC(=O)N[C@@H](C(=O)N1CCC[C@H]1c1ncc(-c2ccc(-c3ccc(-c4cnc([C@@H]5CCCN5C(=O)C(c5csc6ccccc56)N(C)C)[nH]4)cc3)cc2)[nH]1)c1ccccc1. The minimum atomic E-state index is -0.873.